The summed E-state index contributed by atoms with van der Waals surface area (Å²) in [5.74, 6) is 0.121. The fourth-order valence-corrected chi connectivity index (χ4v) is 9.33. The van der Waals surface area contributed by atoms with Gasteiger partial charge < -0.3 is 0 Å². The van der Waals surface area contributed by atoms with Crippen LogP contribution in [0.3, 0.4) is 0 Å². The number of allylic oxidation sites excluding steroid dienone is 16. The number of hydrogen-bond acceptors (Lipinski definition) is 4. The van der Waals surface area contributed by atoms with E-state index in [0.717, 1.165) is 51.4 Å². The average molecular weight is 737 g/mol. The van der Waals surface area contributed by atoms with Gasteiger partial charge in [-0.25, -0.2) is 0 Å². The maximum atomic E-state index is 12.3. The molecule has 4 heteroatoms. The maximum Gasteiger partial charge on any atom is 0.163 e. The van der Waals surface area contributed by atoms with Crippen LogP contribution in [0.25, 0.3) is 0 Å². The van der Waals surface area contributed by atoms with Crippen molar-refractivity contribution in [3.8, 4) is 0 Å². The highest BCUT2D eigenvalue weighted by Crippen LogP contribution is 2.44. The first-order valence-electron chi connectivity index (χ1n) is 20.6. The lowest BCUT2D eigenvalue weighted by Crippen LogP contribution is -2.26. The topological polar surface area (TPSA) is 68.3 Å². The van der Waals surface area contributed by atoms with Gasteiger partial charge in [-0.3, -0.25) is 19.2 Å². The Hall–Kier alpha value is -3.40. The molecule has 0 fully saturated rings. The second-order valence-electron chi connectivity index (χ2n) is 19.4. The first kappa shape index (κ1) is 45.0. The van der Waals surface area contributed by atoms with Crippen LogP contribution >= 0.6 is 0 Å². The van der Waals surface area contributed by atoms with Gasteiger partial charge in [0.15, 0.2) is 23.1 Å². The van der Waals surface area contributed by atoms with E-state index in [2.05, 4.69) is 95.2 Å². The van der Waals surface area contributed by atoms with Gasteiger partial charge in [0.25, 0.3) is 0 Å². The minimum Gasteiger partial charge on any atom is -0.294 e. The molecule has 0 bridgehead atoms. The van der Waals surface area contributed by atoms with Crippen LogP contribution in [0.2, 0.25) is 0 Å². The molecule has 2 unspecified atom stereocenters. The summed E-state index contributed by atoms with van der Waals surface area (Å²) in [6, 6.07) is 0. The third-order valence-corrected chi connectivity index (χ3v) is 12.8. The first-order chi connectivity index (χ1) is 25.1. The highest BCUT2D eigenvalue weighted by molar-refractivity contribution is 6.09. The number of ketones is 4. The Morgan fingerprint density at radius 2 is 0.870 bits per heavy atom. The molecule has 0 heterocycles. The van der Waals surface area contributed by atoms with Crippen molar-refractivity contribution in [2.45, 2.75) is 160 Å². The minimum absolute atomic E-state index is 0.0428. The zero-order valence-electron chi connectivity index (χ0n) is 36.0. The quantitative estimate of drug-likeness (QED) is 0.114. The molecule has 2 atom stereocenters. The second-order valence-corrected chi connectivity index (χ2v) is 19.4. The Kier molecular flexibility index (Phi) is 15.8. The van der Waals surface area contributed by atoms with Gasteiger partial charge in [0, 0.05) is 11.8 Å². The van der Waals surface area contributed by atoms with Crippen molar-refractivity contribution >= 4 is 23.1 Å². The van der Waals surface area contributed by atoms with Gasteiger partial charge >= 0.3 is 0 Å². The van der Waals surface area contributed by atoms with Gasteiger partial charge in [-0.15, -0.1) is 0 Å². The second kappa shape index (κ2) is 19.0. The summed E-state index contributed by atoms with van der Waals surface area (Å²) in [7, 11) is 0. The standard InChI is InChI=1S/2C25H36O2/c2*1-18-9-7-15-24(3,4)22(18)13-11-20(26)17-21(27)12-14-23-19(2)10-8-16-25(23,5)6/h11-14H,7-10,15-17H2,1-6H3;9-14,22-23H,7-8,15-17H2,1-6H3/b2*13-11+,14-12+. The van der Waals surface area contributed by atoms with Gasteiger partial charge in [-0.1, -0.05) is 114 Å². The van der Waals surface area contributed by atoms with Gasteiger partial charge in [0.2, 0.25) is 0 Å². The van der Waals surface area contributed by atoms with Crippen molar-refractivity contribution < 1.29 is 19.2 Å². The van der Waals surface area contributed by atoms with E-state index in [-0.39, 0.29) is 69.5 Å². The van der Waals surface area contributed by atoms with E-state index in [1.54, 1.807) is 24.3 Å². The van der Waals surface area contributed by atoms with Crippen LogP contribution in [0.5, 0.6) is 0 Å². The lowest BCUT2D eigenvalue weighted by molar-refractivity contribution is -0.123. The molecule has 0 N–H and O–H groups in total. The average Bonchev–Trinajstić information content (AvgIpc) is 3.03. The molecule has 54 heavy (non-hydrogen) atoms. The Bertz CT molecular complexity index is 1550. The molecular formula is C50H72O4. The highest BCUT2D eigenvalue weighted by Gasteiger charge is 2.32. The normalized spacial score (nSPS) is 25.1. The van der Waals surface area contributed by atoms with E-state index in [4.69, 9.17) is 0 Å². The molecule has 0 aliphatic heterocycles. The summed E-state index contributed by atoms with van der Waals surface area (Å²) < 4.78 is 0. The fourth-order valence-electron chi connectivity index (χ4n) is 9.33. The largest absolute Gasteiger partial charge is 0.294 e. The Morgan fingerprint density at radius 1 is 0.537 bits per heavy atom. The first-order valence-corrected chi connectivity index (χ1v) is 20.6. The molecule has 0 amide bonds. The molecule has 0 aromatic carbocycles. The molecule has 0 aromatic rings. The van der Waals surface area contributed by atoms with E-state index in [1.165, 1.54) is 46.3 Å². The van der Waals surface area contributed by atoms with Gasteiger partial charge in [0.05, 0.1) is 12.8 Å². The molecule has 4 aliphatic rings. The molecule has 4 aliphatic carbocycles. The summed E-state index contributed by atoms with van der Waals surface area (Å²) in [6.45, 7) is 26.5. The van der Waals surface area contributed by atoms with E-state index in [0.29, 0.717) is 0 Å². The summed E-state index contributed by atoms with van der Waals surface area (Å²) in [6.07, 6.45) is 30.1. The molecular weight excluding hydrogens is 665 g/mol. The van der Waals surface area contributed by atoms with Crippen LogP contribution in [0.15, 0.2) is 94.2 Å². The van der Waals surface area contributed by atoms with Gasteiger partial charge in [-0.05, 0) is 149 Å². The van der Waals surface area contributed by atoms with E-state index < -0.39 is 0 Å². The SMILES string of the molecule is CC1=C(/C=C/C(=O)CC(=O)/C=C/C2=C(C)CCCC2(C)C)C(C)(C)CCC1.CC1=CCCC(C)(C)C1/C=C/C(=O)CC(=O)/C=C/C1C(C)=CCCC1(C)C. The number of hydrogen-bond donors (Lipinski definition) is 0. The maximum absolute atomic E-state index is 12.3. The summed E-state index contributed by atoms with van der Waals surface area (Å²) in [5.41, 5.74) is 8.44. The van der Waals surface area contributed by atoms with E-state index in [9.17, 15) is 19.2 Å². The van der Waals surface area contributed by atoms with Gasteiger partial charge in [0.1, 0.15) is 0 Å². The van der Waals surface area contributed by atoms with Crippen LogP contribution in [0.4, 0.5) is 0 Å². The molecule has 0 aromatic heterocycles. The molecule has 4 nitrogen and oxygen atoms in total. The Labute approximate surface area is 329 Å². The summed E-state index contributed by atoms with van der Waals surface area (Å²) in [4.78, 5) is 49.1. The van der Waals surface area contributed by atoms with Crippen molar-refractivity contribution in [1.82, 2.24) is 0 Å². The molecule has 0 radical (unpaired) electrons. The van der Waals surface area contributed by atoms with Crippen molar-refractivity contribution in [3.05, 3.63) is 94.2 Å². The Morgan fingerprint density at radius 3 is 1.19 bits per heavy atom. The van der Waals surface area contributed by atoms with E-state index >= 15 is 0 Å². The zero-order chi connectivity index (χ0) is 40.5. The van der Waals surface area contributed by atoms with Gasteiger partial charge in [-0.2, -0.15) is 0 Å². The van der Waals surface area contributed by atoms with Crippen LogP contribution in [0, 0.1) is 33.5 Å². The van der Waals surface area contributed by atoms with Crippen molar-refractivity contribution in [2.75, 3.05) is 0 Å². The molecule has 0 saturated carbocycles. The third kappa shape index (κ3) is 12.8. The van der Waals surface area contributed by atoms with Crippen LogP contribution in [0.1, 0.15) is 160 Å². The van der Waals surface area contributed by atoms with Crippen LogP contribution in [-0.2, 0) is 19.2 Å². The predicted molar refractivity (Wildman–Crippen MR) is 227 cm³/mol. The lowest BCUT2D eigenvalue weighted by atomic mass is 9.68. The number of carbonyl (C=O) groups is 4. The zero-order valence-corrected chi connectivity index (χ0v) is 36.0. The van der Waals surface area contributed by atoms with Crippen LogP contribution in [-0.4, -0.2) is 23.1 Å². The molecule has 0 spiro atoms. The molecule has 296 valence electrons. The van der Waals surface area contributed by atoms with Crippen molar-refractivity contribution in [3.63, 3.8) is 0 Å². The highest BCUT2D eigenvalue weighted by atomic mass is 16.2. The van der Waals surface area contributed by atoms with E-state index in [1.807, 2.05) is 24.3 Å². The summed E-state index contributed by atoms with van der Waals surface area (Å²) in [5, 5.41) is 0. The summed E-state index contributed by atoms with van der Waals surface area (Å²) >= 11 is 0. The minimum atomic E-state index is -0.111. The predicted octanol–water partition coefficient (Wildman–Crippen LogP) is 13.1. The van der Waals surface area contributed by atoms with Crippen LogP contribution < -0.4 is 0 Å². The Balaban J connectivity index is 0.000000290. The lowest BCUT2D eigenvalue weighted by Gasteiger charge is -2.36. The number of carbonyl (C=O) groups excluding carboxylic acids is 4. The smallest absolute Gasteiger partial charge is 0.163 e. The third-order valence-electron chi connectivity index (χ3n) is 12.8. The fraction of sp³-hybridized carbons (Fsp3) is 0.600. The number of rotatable bonds is 12. The molecule has 0 saturated heterocycles. The van der Waals surface area contributed by atoms with Crippen molar-refractivity contribution in [1.29, 1.82) is 0 Å². The molecule has 4 rings (SSSR count). The monoisotopic (exact) mass is 737 g/mol. The van der Waals surface area contributed by atoms with Crippen molar-refractivity contribution in [2.24, 2.45) is 33.5 Å².